The number of para-hydroxylation sites is 1. The summed E-state index contributed by atoms with van der Waals surface area (Å²) >= 11 is 0. The van der Waals surface area contributed by atoms with Crippen LogP contribution in [-0.2, 0) is 25.6 Å². The third-order valence-corrected chi connectivity index (χ3v) is 9.14. The van der Waals surface area contributed by atoms with E-state index in [1.165, 1.54) is 0 Å². The minimum absolute atomic E-state index is 0.0349. The van der Waals surface area contributed by atoms with Gasteiger partial charge in [-0.25, -0.2) is 0 Å². The Bertz CT molecular complexity index is 1460. The summed E-state index contributed by atoms with van der Waals surface area (Å²) in [6.45, 7) is 7.33. The number of Topliss-reactive ketones (excluding diaryl/α,β-unsaturated/α-hetero) is 3. The number of allylic oxidation sites excluding steroid dienone is 3. The van der Waals surface area contributed by atoms with E-state index < -0.39 is 46.6 Å². The molecule has 6 atom stereocenters. The van der Waals surface area contributed by atoms with Gasteiger partial charge in [0.2, 0.25) is 17.5 Å². The maximum Gasteiger partial charge on any atom is 0.235 e. The van der Waals surface area contributed by atoms with E-state index in [2.05, 4.69) is 10.3 Å². The summed E-state index contributed by atoms with van der Waals surface area (Å²) in [6, 6.07) is 7.57. The number of fused-ring (bicyclic) bond motifs is 1. The zero-order valence-electron chi connectivity index (χ0n) is 22.9. The van der Waals surface area contributed by atoms with Gasteiger partial charge in [0.1, 0.15) is 11.2 Å². The molecule has 2 aliphatic carbocycles. The highest BCUT2D eigenvalue weighted by atomic mass is 16.3. The van der Waals surface area contributed by atoms with Crippen molar-refractivity contribution in [3.8, 4) is 0 Å². The van der Waals surface area contributed by atoms with Crippen molar-refractivity contribution in [2.75, 3.05) is 0 Å². The first-order valence-corrected chi connectivity index (χ1v) is 13.7. The molecule has 3 N–H and O–H groups in total. The second kappa shape index (κ2) is 10.2. The van der Waals surface area contributed by atoms with E-state index in [9.17, 15) is 24.3 Å². The fourth-order valence-electron chi connectivity index (χ4n) is 7.06. The van der Waals surface area contributed by atoms with Crippen LogP contribution in [-0.4, -0.2) is 45.5 Å². The van der Waals surface area contributed by atoms with Crippen LogP contribution in [0.2, 0.25) is 0 Å². The number of hydrogen-bond donors (Lipinski definition) is 3. The smallest absolute Gasteiger partial charge is 0.235 e. The molecule has 3 aliphatic rings. The summed E-state index contributed by atoms with van der Waals surface area (Å²) < 4.78 is 0. The molecule has 204 valence electrons. The number of aromatic amines is 1. The number of H-pyrrole nitrogens is 1. The predicted octanol–water partition coefficient (Wildman–Crippen LogP) is 4.17. The zero-order chi connectivity index (χ0) is 28.1. The van der Waals surface area contributed by atoms with Gasteiger partial charge in [0.25, 0.3) is 0 Å². The number of rotatable bonds is 2. The average molecular weight is 529 g/mol. The van der Waals surface area contributed by atoms with Gasteiger partial charge in [0, 0.05) is 47.8 Å². The summed E-state index contributed by atoms with van der Waals surface area (Å²) in [5.41, 5.74) is 2.41. The van der Waals surface area contributed by atoms with Gasteiger partial charge in [0.05, 0.1) is 6.10 Å². The molecular formula is C32H36N2O5. The number of benzene rings is 1. The molecule has 39 heavy (non-hydrogen) atoms. The molecular weight excluding hydrogens is 492 g/mol. The first-order valence-electron chi connectivity index (χ1n) is 13.7. The van der Waals surface area contributed by atoms with E-state index >= 15 is 0 Å². The molecule has 0 saturated carbocycles. The Morgan fingerprint density at radius 1 is 1.03 bits per heavy atom. The molecule has 1 amide bonds. The van der Waals surface area contributed by atoms with Crippen molar-refractivity contribution in [1.29, 1.82) is 0 Å². The SMILES string of the molecule is CC1=C(C)[C@H]2[C@H](Cc3c[nH]c4ccccc34)NC(=O)[C@]23C(=O)CCC(=O)C(=O)/C(C)=C\[C@@H](C)C/C=C\[C@H]3[C@@H]1O. The van der Waals surface area contributed by atoms with Gasteiger partial charge < -0.3 is 15.4 Å². The Hall–Kier alpha value is -3.58. The number of ketones is 3. The Morgan fingerprint density at radius 2 is 1.77 bits per heavy atom. The number of carbonyl (C=O) groups excluding carboxylic acids is 4. The maximum absolute atomic E-state index is 14.2. The molecule has 7 heteroatoms. The number of hydrogen-bond acceptors (Lipinski definition) is 5. The number of aliphatic hydroxyl groups is 1. The molecule has 1 aliphatic heterocycles. The van der Waals surface area contributed by atoms with Gasteiger partial charge in [-0.3, -0.25) is 19.2 Å². The van der Waals surface area contributed by atoms with Crippen LogP contribution in [0.25, 0.3) is 10.9 Å². The zero-order valence-corrected chi connectivity index (χ0v) is 22.9. The average Bonchev–Trinajstić information content (AvgIpc) is 3.45. The van der Waals surface area contributed by atoms with Crippen LogP contribution in [0.4, 0.5) is 0 Å². The molecule has 0 radical (unpaired) electrons. The van der Waals surface area contributed by atoms with Crippen LogP contribution in [0.15, 0.2) is 65.4 Å². The number of amides is 1. The highest BCUT2D eigenvalue weighted by Gasteiger charge is 2.66. The number of aromatic nitrogens is 1. The summed E-state index contributed by atoms with van der Waals surface area (Å²) in [5.74, 6) is -3.36. The fourth-order valence-corrected chi connectivity index (χ4v) is 7.06. The van der Waals surface area contributed by atoms with Crippen LogP contribution in [0.5, 0.6) is 0 Å². The summed E-state index contributed by atoms with van der Waals surface area (Å²) in [5, 5.41) is 15.7. The fraction of sp³-hybridized carbons (Fsp3) is 0.438. The Kier molecular flexibility index (Phi) is 7.06. The molecule has 1 saturated heterocycles. The van der Waals surface area contributed by atoms with E-state index in [0.717, 1.165) is 27.6 Å². The summed E-state index contributed by atoms with van der Waals surface area (Å²) in [6.07, 6.45) is 6.96. The van der Waals surface area contributed by atoms with Gasteiger partial charge in [-0.1, -0.05) is 48.9 Å². The maximum atomic E-state index is 14.2. The third kappa shape index (κ3) is 4.33. The third-order valence-electron chi connectivity index (χ3n) is 9.14. The highest BCUT2D eigenvalue weighted by molar-refractivity contribution is 6.43. The lowest BCUT2D eigenvalue weighted by atomic mass is 9.54. The first kappa shape index (κ1) is 27.0. The van der Waals surface area contributed by atoms with E-state index in [0.29, 0.717) is 18.4 Å². The monoisotopic (exact) mass is 528 g/mol. The summed E-state index contributed by atoms with van der Waals surface area (Å²) in [4.78, 5) is 57.0. The molecule has 1 aromatic carbocycles. The number of aliphatic hydroxyl groups excluding tert-OH is 1. The molecule has 2 aromatic rings. The van der Waals surface area contributed by atoms with E-state index in [1.807, 2.05) is 63.4 Å². The van der Waals surface area contributed by atoms with Gasteiger partial charge >= 0.3 is 0 Å². The van der Waals surface area contributed by atoms with Crippen molar-refractivity contribution in [3.05, 3.63) is 71.0 Å². The minimum Gasteiger partial charge on any atom is -0.388 e. The molecule has 0 unspecified atom stereocenters. The van der Waals surface area contributed by atoms with Gasteiger partial charge in [-0.05, 0) is 62.3 Å². The quantitative estimate of drug-likeness (QED) is 0.307. The molecule has 7 nitrogen and oxygen atoms in total. The first-order chi connectivity index (χ1) is 18.6. The van der Waals surface area contributed by atoms with Gasteiger partial charge in [-0.2, -0.15) is 0 Å². The molecule has 2 heterocycles. The highest BCUT2D eigenvalue weighted by Crippen LogP contribution is 2.55. The van der Waals surface area contributed by atoms with Crippen LogP contribution < -0.4 is 5.32 Å². The molecule has 1 fully saturated rings. The largest absolute Gasteiger partial charge is 0.388 e. The van der Waals surface area contributed by atoms with Crippen LogP contribution in [0, 0.1) is 23.2 Å². The lowest BCUT2D eigenvalue weighted by Gasteiger charge is -2.46. The van der Waals surface area contributed by atoms with Crippen molar-refractivity contribution < 1.29 is 24.3 Å². The number of nitrogens with one attached hydrogen (secondary N) is 2. The predicted molar refractivity (Wildman–Crippen MR) is 149 cm³/mol. The van der Waals surface area contributed by atoms with E-state index in [4.69, 9.17) is 0 Å². The van der Waals surface area contributed by atoms with Crippen molar-refractivity contribution in [2.45, 2.75) is 65.5 Å². The van der Waals surface area contributed by atoms with Crippen LogP contribution in [0.3, 0.4) is 0 Å². The molecule has 1 aromatic heterocycles. The minimum atomic E-state index is -1.57. The lowest BCUT2D eigenvalue weighted by Crippen LogP contribution is -2.55. The topological polar surface area (TPSA) is 116 Å². The Balaban J connectivity index is 1.62. The standard InChI is InChI=1S/C32H36N2O5/c1-17-8-7-10-23-30(38)20(4)19(3)28-25(15-21-16-33-24-11-6-5-9-22(21)24)34-31(39)32(23,28)27(36)13-12-26(35)29(37)18(2)14-17/h5-7,9-11,14,16-17,23,25,28,30,33,38H,8,12-13,15H2,1-4H3,(H,34,39)/b10-7-,18-14-/t17-,23-,25-,28-,30+,32+/m0/s1. The Labute approximate surface area is 228 Å². The van der Waals surface area contributed by atoms with Crippen molar-refractivity contribution in [2.24, 2.45) is 23.2 Å². The Morgan fingerprint density at radius 3 is 2.54 bits per heavy atom. The van der Waals surface area contributed by atoms with Crippen molar-refractivity contribution in [1.82, 2.24) is 10.3 Å². The van der Waals surface area contributed by atoms with Crippen LogP contribution >= 0.6 is 0 Å². The van der Waals surface area contributed by atoms with E-state index in [-0.39, 0.29) is 24.8 Å². The van der Waals surface area contributed by atoms with Gasteiger partial charge in [-0.15, -0.1) is 0 Å². The normalized spacial score (nSPS) is 34.4. The summed E-state index contributed by atoms with van der Waals surface area (Å²) in [7, 11) is 0. The molecule has 0 bridgehead atoms. The second-order valence-corrected chi connectivity index (χ2v) is 11.5. The van der Waals surface area contributed by atoms with Gasteiger partial charge in [0.15, 0.2) is 0 Å². The second-order valence-electron chi connectivity index (χ2n) is 11.5. The molecule has 1 spiro atoms. The molecule has 5 rings (SSSR count). The van der Waals surface area contributed by atoms with E-state index in [1.54, 1.807) is 13.0 Å². The number of carbonyl (C=O) groups is 4. The van der Waals surface area contributed by atoms with Crippen LogP contribution in [0.1, 0.15) is 52.5 Å². The van der Waals surface area contributed by atoms with Crippen molar-refractivity contribution in [3.63, 3.8) is 0 Å². The van der Waals surface area contributed by atoms with Crippen molar-refractivity contribution >= 4 is 34.2 Å². The lowest BCUT2D eigenvalue weighted by molar-refractivity contribution is -0.148.